The molecule has 1 aromatic carbocycles. The molecule has 1 saturated heterocycles. The number of nitrogens with zero attached hydrogens (tertiary/aromatic N) is 1. The fourth-order valence-electron chi connectivity index (χ4n) is 7.80. The standard InChI is InChI=1S/C27H32BNO2/c1-25(2)26(3,4)31-28(30-25)21-6-8-24(29-15-21)16-5-7-22-17-9-19-12-20-10-18(23(22)11-16)14-27(19,20)13-17/h5-8,11,15,17-20H,9-10,12-14H2,1-4H3. The first-order chi connectivity index (χ1) is 14.8. The fourth-order valence-corrected chi connectivity index (χ4v) is 7.80. The zero-order valence-electron chi connectivity index (χ0n) is 19.2. The molecule has 5 aliphatic rings. The van der Waals surface area contributed by atoms with Crippen molar-refractivity contribution in [3.8, 4) is 11.3 Å². The van der Waals surface area contributed by atoms with Gasteiger partial charge in [-0.1, -0.05) is 18.2 Å². The van der Waals surface area contributed by atoms with E-state index in [0.717, 1.165) is 40.2 Å². The first-order valence-corrected chi connectivity index (χ1v) is 12.2. The largest absolute Gasteiger partial charge is 0.496 e. The average Bonchev–Trinajstić information content (AvgIpc) is 3.25. The van der Waals surface area contributed by atoms with Gasteiger partial charge in [-0.15, -0.1) is 0 Å². The Bertz CT molecular complexity index is 1060. The lowest BCUT2D eigenvalue weighted by atomic mass is 9.56. The van der Waals surface area contributed by atoms with E-state index in [1.807, 2.05) is 6.20 Å². The number of fused-ring (bicyclic) bond motifs is 5. The van der Waals surface area contributed by atoms with Gasteiger partial charge >= 0.3 is 7.12 Å². The molecule has 2 aromatic rings. The highest BCUT2D eigenvalue weighted by molar-refractivity contribution is 6.62. The van der Waals surface area contributed by atoms with Crippen LogP contribution >= 0.6 is 0 Å². The van der Waals surface area contributed by atoms with Gasteiger partial charge in [0.1, 0.15) is 0 Å². The summed E-state index contributed by atoms with van der Waals surface area (Å²) in [4.78, 5) is 4.83. The molecular formula is C27H32BNO2. The molecule has 1 spiro atoms. The molecule has 4 aliphatic carbocycles. The van der Waals surface area contributed by atoms with E-state index in [1.165, 1.54) is 37.7 Å². The summed E-state index contributed by atoms with van der Waals surface area (Å²) in [5.74, 6) is 3.63. The minimum absolute atomic E-state index is 0.327. The third-order valence-corrected chi connectivity index (χ3v) is 10.2. The van der Waals surface area contributed by atoms with Gasteiger partial charge in [0.15, 0.2) is 0 Å². The molecular weight excluding hydrogens is 381 g/mol. The third kappa shape index (κ3) is 2.41. The first-order valence-electron chi connectivity index (χ1n) is 12.2. The van der Waals surface area contributed by atoms with E-state index < -0.39 is 0 Å². The zero-order valence-corrected chi connectivity index (χ0v) is 19.2. The minimum atomic E-state index is -0.352. The second kappa shape index (κ2) is 5.82. The molecule has 31 heavy (non-hydrogen) atoms. The third-order valence-electron chi connectivity index (χ3n) is 10.2. The molecule has 3 saturated carbocycles. The molecule has 0 radical (unpaired) electrons. The van der Waals surface area contributed by atoms with Crippen LogP contribution in [0.15, 0.2) is 36.5 Å². The van der Waals surface area contributed by atoms with Gasteiger partial charge in [0.05, 0.1) is 16.9 Å². The molecule has 1 aliphatic heterocycles. The van der Waals surface area contributed by atoms with Crippen molar-refractivity contribution in [1.29, 1.82) is 0 Å². The molecule has 5 unspecified atom stereocenters. The second-order valence-corrected chi connectivity index (χ2v) is 12.0. The van der Waals surface area contributed by atoms with Gasteiger partial charge in [-0.05, 0) is 112 Å². The average molecular weight is 413 g/mol. The Morgan fingerprint density at radius 2 is 1.52 bits per heavy atom. The summed E-state index contributed by atoms with van der Waals surface area (Å²) in [5, 5.41) is 0. The number of pyridine rings is 1. The molecule has 0 amide bonds. The molecule has 1 aromatic heterocycles. The van der Waals surface area contributed by atoms with Gasteiger partial charge in [0.2, 0.25) is 0 Å². The highest BCUT2D eigenvalue weighted by Crippen LogP contribution is 2.75. The van der Waals surface area contributed by atoms with Crippen LogP contribution in [0.25, 0.3) is 11.3 Å². The van der Waals surface area contributed by atoms with Crippen LogP contribution in [-0.4, -0.2) is 23.3 Å². The lowest BCUT2D eigenvalue weighted by Crippen LogP contribution is -2.41. The van der Waals surface area contributed by atoms with Gasteiger partial charge in [-0.25, -0.2) is 0 Å². The summed E-state index contributed by atoms with van der Waals surface area (Å²) in [7, 11) is -0.352. The van der Waals surface area contributed by atoms with Gasteiger partial charge in [-0.3, -0.25) is 4.98 Å². The molecule has 0 N–H and O–H groups in total. The summed E-state index contributed by atoms with van der Waals surface area (Å²) in [6, 6.07) is 11.5. The van der Waals surface area contributed by atoms with Gasteiger partial charge in [-0.2, -0.15) is 0 Å². The Kier molecular flexibility index (Phi) is 3.55. The van der Waals surface area contributed by atoms with Crippen LogP contribution in [0.5, 0.6) is 0 Å². The van der Waals surface area contributed by atoms with E-state index in [2.05, 4.69) is 58.0 Å². The number of hydrogen-bond donors (Lipinski definition) is 0. The molecule has 4 fully saturated rings. The molecule has 3 bridgehead atoms. The summed E-state index contributed by atoms with van der Waals surface area (Å²) < 4.78 is 12.4. The quantitative estimate of drug-likeness (QED) is 0.615. The molecule has 4 heteroatoms. The molecule has 2 heterocycles. The van der Waals surface area contributed by atoms with Gasteiger partial charge in [0.25, 0.3) is 0 Å². The normalized spacial score (nSPS) is 38.0. The number of benzene rings is 1. The summed E-state index contributed by atoms with van der Waals surface area (Å²) in [6.45, 7) is 8.37. The van der Waals surface area contributed by atoms with Crippen LogP contribution in [0.2, 0.25) is 0 Å². The van der Waals surface area contributed by atoms with Crippen LogP contribution in [0.1, 0.15) is 82.8 Å². The summed E-state index contributed by atoms with van der Waals surface area (Å²) >= 11 is 0. The van der Waals surface area contributed by atoms with Crippen molar-refractivity contribution < 1.29 is 9.31 Å². The molecule has 160 valence electrons. The minimum Gasteiger partial charge on any atom is -0.399 e. The van der Waals surface area contributed by atoms with E-state index in [4.69, 9.17) is 14.3 Å². The van der Waals surface area contributed by atoms with Gasteiger partial charge in [0, 0.05) is 17.2 Å². The van der Waals surface area contributed by atoms with Gasteiger partial charge < -0.3 is 9.31 Å². The molecule has 5 atom stereocenters. The van der Waals surface area contributed by atoms with E-state index in [0.29, 0.717) is 0 Å². The zero-order chi connectivity index (χ0) is 21.2. The Morgan fingerprint density at radius 3 is 2.16 bits per heavy atom. The monoisotopic (exact) mass is 413 g/mol. The van der Waals surface area contributed by atoms with Crippen molar-refractivity contribution in [3.63, 3.8) is 0 Å². The topological polar surface area (TPSA) is 31.4 Å². The van der Waals surface area contributed by atoms with Crippen molar-refractivity contribution >= 4 is 12.6 Å². The van der Waals surface area contributed by atoms with E-state index in [-0.39, 0.29) is 18.3 Å². The van der Waals surface area contributed by atoms with Crippen LogP contribution in [0, 0.1) is 17.3 Å². The Labute approximate surface area is 186 Å². The second-order valence-electron chi connectivity index (χ2n) is 12.0. The number of rotatable bonds is 2. The fraction of sp³-hybridized carbons (Fsp3) is 0.593. The predicted molar refractivity (Wildman–Crippen MR) is 123 cm³/mol. The van der Waals surface area contributed by atoms with E-state index in [1.54, 1.807) is 11.1 Å². The Morgan fingerprint density at radius 1 is 0.839 bits per heavy atom. The lowest BCUT2D eigenvalue weighted by Gasteiger charge is -2.48. The maximum absolute atomic E-state index is 6.20. The smallest absolute Gasteiger partial charge is 0.399 e. The van der Waals surface area contributed by atoms with E-state index in [9.17, 15) is 0 Å². The molecule has 3 nitrogen and oxygen atoms in total. The SMILES string of the molecule is CC1(C)OB(c2ccc(-c3ccc4c(c3)C3CC5CC6CC4CC65C3)nc2)OC1(C)C. The summed E-state index contributed by atoms with van der Waals surface area (Å²) in [6.07, 6.45) is 9.22. The van der Waals surface area contributed by atoms with Crippen molar-refractivity contribution in [3.05, 3.63) is 47.7 Å². The highest BCUT2D eigenvalue weighted by Gasteiger charge is 2.65. The predicted octanol–water partition coefficient (Wildman–Crippen LogP) is 5.44. The summed E-state index contributed by atoms with van der Waals surface area (Å²) in [5.41, 5.74) is 6.66. The number of aromatic nitrogens is 1. The van der Waals surface area contributed by atoms with Crippen molar-refractivity contribution in [2.45, 2.75) is 82.8 Å². The first kappa shape index (κ1) is 18.9. The highest BCUT2D eigenvalue weighted by atomic mass is 16.7. The van der Waals surface area contributed by atoms with Crippen molar-refractivity contribution in [2.24, 2.45) is 17.3 Å². The van der Waals surface area contributed by atoms with Crippen LogP contribution in [-0.2, 0) is 9.31 Å². The molecule has 7 rings (SSSR count). The number of hydrogen-bond acceptors (Lipinski definition) is 3. The van der Waals surface area contributed by atoms with Crippen molar-refractivity contribution in [1.82, 2.24) is 4.98 Å². The van der Waals surface area contributed by atoms with E-state index >= 15 is 0 Å². The maximum atomic E-state index is 6.20. The maximum Gasteiger partial charge on any atom is 0.496 e. The van der Waals surface area contributed by atoms with Crippen molar-refractivity contribution in [2.75, 3.05) is 0 Å². The Balaban J connectivity index is 1.19. The van der Waals surface area contributed by atoms with Crippen LogP contribution in [0.3, 0.4) is 0 Å². The van der Waals surface area contributed by atoms with Crippen LogP contribution < -0.4 is 5.46 Å². The van der Waals surface area contributed by atoms with Crippen LogP contribution in [0.4, 0.5) is 0 Å². The lowest BCUT2D eigenvalue weighted by molar-refractivity contribution is 0.00322. The Hall–Kier alpha value is -1.65.